The summed E-state index contributed by atoms with van der Waals surface area (Å²) < 4.78 is 26.4. The Bertz CT molecular complexity index is 858. The minimum atomic E-state index is -0.620. The van der Waals surface area contributed by atoms with Crippen LogP contribution in [-0.4, -0.2) is 4.98 Å². The largest absolute Gasteiger partial charge is 0.367 e. The molecule has 0 aliphatic carbocycles. The summed E-state index contributed by atoms with van der Waals surface area (Å²) in [5.41, 5.74) is 0.112. The molecule has 106 valence electrons. The molecule has 0 saturated heterocycles. The van der Waals surface area contributed by atoms with Gasteiger partial charge in [0.2, 0.25) is 0 Å². The van der Waals surface area contributed by atoms with E-state index in [2.05, 4.69) is 10.3 Å². The molecule has 5 heteroatoms. The maximum absolute atomic E-state index is 13.5. The third-order valence-corrected chi connectivity index (χ3v) is 3.24. The molecular formula is C16H12F2N2O. The van der Waals surface area contributed by atoms with Crippen LogP contribution in [-0.2, 0) is 6.54 Å². The summed E-state index contributed by atoms with van der Waals surface area (Å²) in [6.07, 6.45) is 0. The molecule has 1 heterocycles. The second kappa shape index (κ2) is 5.36. The van der Waals surface area contributed by atoms with Crippen molar-refractivity contribution in [1.82, 2.24) is 4.98 Å². The van der Waals surface area contributed by atoms with Crippen LogP contribution < -0.4 is 10.9 Å². The maximum Gasteiger partial charge on any atom is 0.257 e. The van der Waals surface area contributed by atoms with Gasteiger partial charge in [-0.05, 0) is 23.6 Å². The van der Waals surface area contributed by atoms with E-state index >= 15 is 0 Å². The van der Waals surface area contributed by atoms with Crippen LogP contribution in [0.15, 0.2) is 53.3 Å². The number of pyridine rings is 1. The SMILES string of the molecule is O=c1[nH]c(NCc2ccc(F)cc2F)cc2ccccc12. The molecule has 2 aromatic carbocycles. The Balaban J connectivity index is 1.87. The van der Waals surface area contributed by atoms with Gasteiger partial charge in [0.15, 0.2) is 0 Å². The fourth-order valence-electron chi connectivity index (χ4n) is 2.16. The van der Waals surface area contributed by atoms with Gasteiger partial charge in [-0.3, -0.25) is 4.79 Å². The van der Waals surface area contributed by atoms with E-state index in [1.807, 2.05) is 12.1 Å². The first-order chi connectivity index (χ1) is 10.1. The van der Waals surface area contributed by atoms with Crippen molar-refractivity contribution in [2.75, 3.05) is 5.32 Å². The van der Waals surface area contributed by atoms with E-state index in [0.717, 1.165) is 11.5 Å². The van der Waals surface area contributed by atoms with Crippen LogP contribution in [0.2, 0.25) is 0 Å². The van der Waals surface area contributed by atoms with Gasteiger partial charge in [0, 0.05) is 23.6 Å². The zero-order valence-corrected chi connectivity index (χ0v) is 11.0. The average Bonchev–Trinajstić information content (AvgIpc) is 2.46. The van der Waals surface area contributed by atoms with Crippen molar-refractivity contribution in [1.29, 1.82) is 0 Å². The first-order valence-electron chi connectivity index (χ1n) is 6.43. The van der Waals surface area contributed by atoms with E-state index in [-0.39, 0.29) is 12.1 Å². The number of H-pyrrole nitrogens is 1. The molecule has 3 nitrogen and oxygen atoms in total. The first kappa shape index (κ1) is 13.3. The second-order valence-corrected chi connectivity index (χ2v) is 4.69. The number of anilines is 1. The van der Waals surface area contributed by atoms with Crippen LogP contribution in [0.5, 0.6) is 0 Å². The second-order valence-electron chi connectivity index (χ2n) is 4.69. The average molecular weight is 286 g/mol. The van der Waals surface area contributed by atoms with Crippen LogP contribution in [0.3, 0.4) is 0 Å². The number of aromatic nitrogens is 1. The number of benzene rings is 2. The van der Waals surface area contributed by atoms with Crippen molar-refractivity contribution in [2.45, 2.75) is 6.54 Å². The molecule has 0 atom stereocenters. The molecule has 0 fully saturated rings. The predicted octanol–water partition coefficient (Wildman–Crippen LogP) is 3.42. The lowest BCUT2D eigenvalue weighted by atomic mass is 10.1. The molecule has 1 aromatic heterocycles. The first-order valence-corrected chi connectivity index (χ1v) is 6.43. The summed E-state index contributed by atoms with van der Waals surface area (Å²) >= 11 is 0. The normalized spacial score (nSPS) is 10.8. The molecule has 3 aromatic rings. The van der Waals surface area contributed by atoms with Crippen LogP contribution in [0.1, 0.15) is 5.56 Å². The van der Waals surface area contributed by atoms with Crippen LogP contribution in [0, 0.1) is 11.6 Å². The van der Waals surface area contributed by atoms with Crippen molar-refractivity contribution in [3.05, 3.63) is 76.1 Å². The fourth-order valence-corrected chi connectivity index (χ4v) is 2.16. The zero-order valence-electron chi connectivity index (χ0n) is 11.0. The number of fused-ring (bicyclic) bond motifs is 1. The molecule has 3 rings (SSSR count). The van der Waals surface area contributed by atoms with E-state index in [0.29, 0.717) is 16.8 Å². The number of hydrogen-bond donors (Lipinski definition) is 2. The summed E-state index contributed by atoms with van der Waals surface area (Å²) in [6, 6.07) is 12.4. The molecule has 0 radical (unpaired) electrons. The van der Waals surface area contributed by atoms with Gasteiger partial charge in [-0.1, -0.05) is 24.3 Å². The Morgan fingerprint density at radius 3 is 2.67 bits per heavy atom. The number of aromatic amines is 1. The van der Waals surface area contributed by atoms with E-state index in [1.54, 1.807) is 18.2 Å². The van der Waals surface area contributed by atoms with Gasteiger partial charge in [0.1, 0.15) is 17.5 Å². The standard InChI is InChI=1S/C16H12F2N2O/c17-12-6-5-11(14(18)8-12)9-19-15-7-10-3-1-2-4-13(10)16(21)20-15/h1-8H,9H2,(H2,19,20,21). The number of nitrogens with one attached hydrogen (secondary N) is 2. The molecule has 21 heavy (non-hydrogen) atoms. The third kappa shape index (κ3) is 2.76. The highest BCUT2D eigenvalue weighted by Crippen LogP contribution is 2.15. The van der Waals surface area contributed by atoms with Crippen LogP contribution in [0.25, 0.3) is 10.8 Å². The summed E-state index contributed by atoms with van der Waals surface area (Å²) in [6.45, 7) is 0.153. The highest BCUT2D eigenvalue weighted by Gasteiger charge is 2.05. The summed E-state index contributed by atoms with van der Waals surface area (Å²) in [5.74, 6) is -0.747. The number of hydrogen-bond acceptors (Lipinski definition) is 2. The van der Waals surface area contributed by atoms with Crippen molar-refractivity contribution in [2.24, 2.45) is 0 Å². The highest BCUT2D eigenvalue weighted by molar-refractivity contribution is 5.83. The minimum Gasteiger partial charge on any atom is -0.367 e. The van der Waals surface area contributed by atoms with E-state index in [4.69, 9.17) is 0 Å². The predicted molar refractivity (Wildman–Crippen MR) is 78.3 cm³/mol. The van der Waals surface area contributed by atoms with Gasteiger partial charge in [-0.2, -0.15) is 0 Å². The van der Waals surface area contributed by atoms with Crippen molar-refractivity contribution < 1.29 is 8.78 Å². The van der Waals surface area contributed by atoms with E-state index in [1.165, 1.54) is 12.1 Å². The monoisotopic (exact) mass is 286 g/mol. The molecule has 0 bridgehead atoms. The lowest BCUT2D eigenvalue weighted by Crippen LogP contribution is -2.11. The topological polar surface area (TPSA) is 44.9 Å². The molecule has 2 N–H and O–H groups in total. The van der Waals surface area contributed by atoms with Crippen molar-refractivity contribution in [3.63, 3.8) is 0 Å². The van der Waals surface area contributed by atoms with Gasteiger partial charge in [-0.25, -0.2) is 8.78 Å². The summed E-state index contributed by atoms with van der Waals surface area (Å²) in [4.78, 5) is 14.6. The lowest BCUT2D eigenvalue weighted by Gasteiger charge is -2.08. The Labute approximate surface area is 119 Å². The van der Waals surface area contributed by atoms with Gasteiger partial charge in [0.05, 0.1) is 0 Å². The van der Waals surface area contributed by atoms with Gasteiger partial charge >= 0.3 is 0 Å². The Morgan fingerprint density at radius 1 is 1.05 bits per heavy atom. The molecule has 0 aliphatic rings. The molecule has 0 spiro atoms. The summed E-state index contributed by atoms with van der Waals surface area (Å²) in [7, 11) is 0. The maximum atomic E-state index is 13.5. The molecule has 0 amide bonds. The third-order valence-electron chi connectivity index (χ3n) is 3.24. The van der Waals surface area contributed by atoms with Gasteiger partial charge in [0.25, 0.3) is 5.56 Å². The van der Waals surface area contributed by atoms with E-state index < -0.39 is 11.6 Å². The van der Waals surface area contributed by atoms with Gasteiger partial charge < -0.3 is 10.3 Å². The number of halogens is 2. The molecule has 0 unspecified atom stereocenters. The number of rotatable bonds is 3. The minimum absolute atomic E-state index is 0.153. The molecular weight excluding hydrogens is 274 g/mol. The van der Waals surface area contributed by atoms with Crippen molar-refractivity contribution >= 4 is 16.6 Å². The smallest absolute Gasteiger partial charge is 0.257 e. The van der Waals surface area contributed by atoms with E-state index in [9.17, 15) is 13.6 Å². The fraction of sp³-hybridized carbons (Fsp3) is 0.0625. The Kier molecular flexibility index (Phi) is 3.39. The lowest BCUT2D eigenvalue weighted by molar-refractivity contribution is 0.574. The zero-order chi connectivity index (χ0) is 14.8. The van der Waals surface area contributed by atoms with Gasteiger partial charge in [-0.15, -0.1) is 0 Å². The van der Waals surface area contributed by atoms with Crippen molar-refractivity contribution in [3.8, 4) is 0 Å². The van der Waals surface area contributed by atoms with Crippen LogP contribution in [0.4, 0.5) is 14.6 Å². The molecule has 0 aliphatic heterocycles. The molecule has 0 saturated carbocycles. The quantitative estimate of drug-likeness (QED) is 0.775. The van der Waals surface area contributed by atoms with Crippen LogP contribution >= 0.6 is 0 Å². The highest BCUT2D eigenvalue weighted by atomic mass is 19.1. The Hall–Kier alpha value is -2.69. The summed E-state index contributed by atoms with van der Waals surface area (Å²) in [5, 5.41) is 4.32. The Morgan fingerprint density at radius 2 is 1.86 bits per heavy atom.